The molecular weight excluding hydrogens is 364 g/mol. The zero-order chi connectivity index (χ0) is 19.8. The molecule has 148 valence electrons. The fraction of sp³-hybridized carbons (Fsp3) is 0.375. The Balaban J connectivity index is 1.51. The number of pyridine rings is 1. The highest BCUT2D eigenvalue weighted by Gasteiger charge is 2.38. The number of carbonyl (C=O) groups excluding carboxylic acids is 2. The van der Waals surface area contributed by atoms with Gasteiger partial charge in [-0.3, -0.25) is 19.5 Å². The Kier molecular flexibility index (Phi) is 4.76. The molecule has 1 aliphatic carbocycles. The van der Waals surface area contributed by atoms with E-state index in [1.807, 2.05) is 30.3 Å². The molecule has 1 atom stereocenters. The normalized spacial score (nSPS) is 22.1. The molecule has 2 aliphatic heterocycles. The predicted octanol–water partition coefficient (Wildman–Crippen LogP) is 3.53. The summed E-state index contributed by atoms with van der Waals surface area (Å²) in [5, 5.41) is 0. The lowest BCUT2D eigenvalue weighted by atomic mass is 9.94. The largest absolute Gasteiger partial charge is 0.479 e. The molecule has 1 aromatic heterocycles. The van der Waals surface area contributed by atoms with E-state index in [0.717, 1.165) is 41.8 Å². The lowest BCUT2D eigenvalue weighted by molar-refractivity contribution is -0.120. The van der Waals surface area contributed by atoms with Crippen LogP contribution in [0, 0.1) is 0 Å². The van der Waals surface area contributed by atoms with Crippen LogP contribution >= 0.6 is 0 Å². The summed E-state index contributed by atoms with van der Waals surface area (Å²) in [6, 6.07) is 9.51. The minimum atomic E-state index is -0.485. The number of hydrogen-bond acceptors (Lipinski definition) is 5. The van der Waals surface area contributed by atoms with Crippen LogP contribution in [0.3, 0.4) is 0 Å². The van der Waals surface area contributed by atoms with Gasteiger partial charge in [0.15, 0.2) is 11.9 Å². The number of aromatic nitrogens is 1. The summed E-state index contributed by atoms with van der Waals surface area (Å²) in [6.07, 6.45) is 7.86. The lowest BCUT2D eigenvalue weighted by Gasteiger charge is -2.28. The molecule has 5 rings (SSSR count). The number of ether oxygens (including phenoxy) is 1. The van der Waals surface area contributed by atoms with E-state index >= 15 is 0 Å². The van der Waals surface area contributed by atoms with Gasteiger partial charge in [-0.05, 0) is 55.6 Å². The van der Waals surface area contributed by atoms with E-state index in [1.54, 1.807) is 12.4 Å². The van der Waals surface area contributed by atoms with Crippen molar-refractivity contribution < 1.29 is 14.3 Å². The van der Waals surface area contributed by atoms with E-state index in [2.05, 4.69) is 9.88 Å². The Morgan fingerprint density at radius 3 is 2.55 bits per heavy atom. The van der Waals surface area contributed by atoms with Gasteiger partial charge in [-0.1, -0.05) is 24.6 Å². The number of benzene rings is 1. The molecule has 5 nitrogen and oxygen atoms in total. The average molecular weight is 388 g/mol. The molecule has 1 aromatic carbocycles. The summed E-state index contributed by atoms with van der Waals surface area (Å²) < 4.78 is 6.26. The maximum Gasteiger partial charge on any atom is 0.208 e. The van der Waals surface area contributed by atoms with Crippen molar-refractivity contribution in [2.75, 3.05) is 19.6 Å². The van der Waals surface area contributed by atoms with Crippen molar-refractivity contribution in [2.45, 2.75) is 38.2 Å². The minimum Gasteiger partial charge on any atom is -0.479 e. The summed E-state index contributed by atoms with van der Waals surface area (Å²) in [6.45, 7) is 2.67. The van der Waals surface area contributed by atoms with E-state index in [9.17, 15) is 9.59 Å². The van der Waals surface area contributed by atoms with Gasteiger partial charge in [0.1, 0.15) is 5.76 Å². The highest BCUT2D eigenvalue weighted by molar-refractivity contribution is 6.31. The molecule has 0 amide bonds. The number of Topliss-reactive ketones (excluding diaryl/α,β-unsaturated/α-hetero) is 2. The van der Waals surface area contributed by atoms with Crippen molar-refractivity contribution in [3.8, 4) is 0 Å². The second-order valence-electron chi connectivity index (χ2n) is 8.07. The number of nitrogens with zero attached hydrogens (tertiary/aromatic N) is 2. The van der Waals surface area contributed by atoms with Crippen molar-refractivity contribution in [2.24, 2.45) is 0 Å². The summed E-state index contributed by atoms with van der Waals surface area (Å²) in [5.74, 6) is 0.849. The van der Waals surface area contributed by atoms with Crippen LogP contribution in [0.1, 0.15) is 52.7 Å². The molecule has 0 N–H and O–H groups in total. The van der Waals surface area contributed by atoms with Crippen LogP contribution in [0.2, 0.25) is 0 Å². The lowest BCUT2D eigenvalue weighted by Crippen LogP contribution is -2.39. The van der Waals surface area contributed by atoms with E-state index in [-0.39, 0.29) is 11.6 Å². The van der Waals surface area contributed by atoms with Gasteiger partial charge >= 0.3 is 0 Å². The van der Waals surface area contributed by atoms with Crippen molar-refractivity contribution in [3.63, 3.8) is 0 Å². The van der Waals surface area contributed by atoms with Crippen molar-refractivity contribution in [1.29, 1.82) is 0 Å². The average Bonchev–Trinajstić information content (AvgIpc) is 3.29. The molecule has 1 unspecified atom stereocenters. The molecular formula is C24H24N2O3. The third kappa shape index (κ3) is 3.40. The van der Waals surface area contributed by atoms with Gasteiger partial charge in [0, 0.05) is 36.5 Å². The summed E-state index contributed by atoms with van der Waals surface area (Å²) in [7, 11) is 0. The highest BCUT2D eigenvalue weighted by atomic mass is 16.5. The number of aryl methyl sites for hydroxylation is 1. The van der Waals surface area contributed by atoms with Crippen LogP contribution in [0.15, 0.2) is 42.7 Å². The molecule has 29 heavy (non-hydrogen) atoms. The first-order valence-corrected chi connectivity index (χ1v) is 10.4. The first kappa shape index (κ1) is 18.3. The molecule has 0 radical (unpaired) electrons. The molecule has 0 saturated carbocycles. The van der Waals surface area contributed by atoms with Crippen LogP contribution < -0.4 is 0 Å². The fourth-order valence-corrected chi connectivity index (χ4v) is 4.62. The standard InChI is InChI=1S/C24H24N2O3/c27-20-7-5-17-14-18(4-6-19(17)20)22-23(28)21(15-26-12-2-1-3-13-26)29-24(22)16-8-10-25-11-9-16/h4,6,8-11,14,21H,1-3,5,7,12-13,15H2. The number of likely N-dealkylation sites (tertiary alicyclic amines) is 1. The van der Waals surface area contributed by atoms with Crippen molar-refractivity contribution in [3.05, 3.63) is 65.0 Å². The molecule has 0 bridgehead atoms. The highest BCUT2D eigenvalue weighted by Crippen LogP contribution is 2.38. The molecule has 5 heteroatoms. The van der Waals surface area contributed by atoms with E-state index in [4.69, 9.17) is 4.74 Å². The molecule has 1 fully saturated rings. The third-order valence-electron chi connectivity index (χ3n) is 6.16. The number of carbonyl (C=O) groups is 2. The summed E-state index contributed by atoms with van der Waals surface area (Å²) in [4.78, 5) is 31.9. The second-order valence-corrected chi connectivity index (χ2v) is 8.07. The number of piperidine rings is 1. The van der Waals surface area contributed by atoms with Crippen molar-refractivity contribution in [1.82, 2.24) is 9.88 Å². The number of hydrogen-bond donors (Lipinski definition) is 0. The molecule has 0 spiro atoms. The third-order valence-corrected chi connectivity index (χ3v) is 6.16. The zero-order valence-corrected chi connectivity index (χ0v) is 16.4. The van der Waals surface area contributed by atoms with Crippen LogP contribution in [0.25, 0.3) is 11.3 Å². The topological polar surface area (TPSA) is 59.5 Å². The van der Waals surface area contributed by atoms with E-state index in [0.29, 0.717) is 24.3 Å². The number of fused-ring (bicyclic) bond motifs is 1. The number of rotatable bonds is 4. The SMILES string of the molecule is O=C1CCc2cc(C3=C(c4ccncc4)OC(CN4CCCCC4)C3=O)ccc21. The minimum absolute atomic E-state index is 0.0339. The van der Waals surface area contributed by atoms with Gasteiger partial charge < -0.3 is 4.74 Å². The first-order valence-electron chi connectivity index (χ1n) is 10.4. The van der Waals surface area contributed by atoms with Gasteiger partial charge in [0.05, 0.1) is 5.57 Å². The number of ketones is 2. The zero-order valence-electron chi connectivity index (χ0n) is 16.4. The summed E-state index contributed by atoms with van der Waals surface area (Å²) >= 11 is 0. The van der Waals surface area contributed by atoms with Crippen LogP contribution in [0.4, 0.5) is 0 Å². The molecule has 3 heterocycles. The van der Waals surface area contributed by atoms with Crippen molar-refractivity contribution >= 4 is 22.9 Å². The maximum absolute atomic E-state index is 13.4. The van der Waals surface area contributed by atoms with Gasteiger partial charge in [-0.15, -0.1) is 0 Å². The Morgan fingerprint density at radius 1 is 0.966 bits per heavy atom. The Bertz CT molecular complexity index is 990. The molecule has 3 aliphatic rings. The van der Waals surface area contributed by atoms with Crippen LogP contribution in [-0.4, -0.2) is 47.2 Å². The monoisotopic (exact) mass is 388 g/mol. The predicted molar refractivity (Wildman–Crippen MR) is 110 cm³/mol. The fourth-order valence-electron chi connectivity index (χ4n) is 4.62. The van der Waals surface area contributed by atoms with Crippen LogP contribution in [0.5, 0.6) is 0 Å². The van der Waals surface area contributed by atoms with Crippen LogP contribution in [-0.2, 0) is 16.0 Å². The smallest absolute Gasteiger partial charge is 0.208 e. The summed E-state index contributed by atoms with van der Waals surface area (Å²) in [5.41, 5.74) is 4.15. The Hall–Kier alpha value is -2.79. The van der Waals surface area contributed by atoms with E-state index in [1.165, 1.54) is 19.3 Å². The van der Waals surface area contributed by atoms with Gasteiger partial charge in [0.2, 0.25) is 5.78 Å². The van der Waals surface area contributed by atoms with Gasteiger partial charge in [-0.25, -0.2) is 0 Å². The molecule has 2 aromatic rings. The second kappa shape index (κ2) is 7.56. The maximum atomic E-state index is 13.4. The first-order chi connectivity index (χ1) is 14.2. The Labute approximate surface area is 170 Å². The molecule has 1 saturated heterocycles. The van der Waals surface area contributed by atoms with E-state index < -0.39 is 6.10 Å². The Morgan fingerprint density at radius 2 is 1.76 bits per heavy atom. The quantitative estimate of drug-likeness (QED) is 0.802. The van der Waals surface area contributed by atoms with Gasteiger partial charge in [0.25, 0.3) is 0 Å². The van der Waals surface area contributed by atoms with Gasteiger partial charge in [-0.2, -0.15) is 0 Å².